The lowest BCUT2D eigenvalue weighted by Crippen LogP contribution is -2.41. The van der Waals surface area contributed by atoms with Crippen molar-refractivity contribution in [2.45, 2.75) is 66.2 Å². The van der Waals surface area contributed by atoms with Crippen LogP contribution in [0.25, 0.3) is 0 Å². The van der Waals surface area contributed by atoms with Crippen LogP contribution in [0.15, 0.2) is 12.2 Å². The lowest BCUT2D eigenvalue weighted by molar-refractivity contribution is 0.309. The quantitative estimate of drug-likeness (QED) is 0.507. The molecular weight excluding hydrogens is 249 g/mol. The minimum absolute atomic E-state index is 0.255. The van der Waals surface area contributed by atoms with Gasteiger partial charge in [0.05, 0.1) is 0 Å². The van der Waals surface area contributed by atoms with E-state index in [1.165, 1.54) is 0 Å². The van der Waals surface area contributed by atoms with E-state index >= 15 is 0 Å². The van der Waals surface area contributed by atoms with Gasteiger partial charge in [0, 0.05) is 17.5 Å². The van der Waals surface area contributed by atoms with Crippen molar-refractivity contribution in [1.82, 2.24) is 4.67 Å². The second kappa shape index (κ2) is 5.19. The molecule has 0 radical (unpaired) electrons. The summed E-state index contributed by atoms with van der Waals surface area (Å²) in [4.78, 5) is 0. The molecule has 0 spiro atoms. The first-order valence-electron chi connectivity index (χ1n) is 6.63. The van der Waals surface area contributed by atoms with Gasteiger partial charge in [0.15, 0.2) is 6.77 Å². The molecule has 0 amide bonds. The van der Waals surface area contributed by atoms with E-state index in [2.05, 4.69) is 65.3 Å². The number of rotatable bonds is 3. The Morgan fingerprint density at radius 1 is 1.18 bits per heavy atom. The van der Waals surface area contributed by atoms with E-state index in [4.69, 9.17) is 11.2 Å². The van der Waals surface area contributed by atoms with Gasteiger partial charge < -0.3 is 0 Å². The van der Waals surface area contributed by atoms with Crippen LogP contribution in [0.2, 0.25) is 0 Å². The maximum Gasteiger partial charge on any atom is 0.194 e. The molecular formula is C14H28ClNP+. The van der Waals surface area contributed by atoms with Gasteiger partial charge in [0.2, 0.25) is 0 Å². The monoisotopic (exact) mass is 276 g/mol. The first-order chi connectivity index (χ1) is 7.60. The fourth-order valence-corrected chi connectivity index (χ4v) is 9.66. The maximum absolute atomic E-state index is 7.15. The summed E-state index contributed by atoms with van der Waals surface area (Å²) in [6.07, 6.45) is 5.72. The van der Waals surface area contributed by atoms with Crippen molar-refractivity contribution in [2.24, 2.45) is 5.41 Å². The molecule has 3 heteroatoms. The number of hydrogen-bond donors (Lipinski definition) is 0. The van der Waals surface area contributed by atoms with E-state index < -0.39 is 6.77 Å². The highest BCUT2D eigenvalue weighted by Gasteiger charge is 2.57. The van der Waals surface area contributed by atoms with Gasteiger partial charge in [-0.25, -0.2) is 0 Å². The maximum atomic E-state index is 7.15. The zero-order valence-electron chi connectivity index (χ0n) is 12.4. The normalized spacial score (nSPS) is 29.9. The van der Waals surface area contributed by atoms with E-state index in [0.717, 1.165) is 6.16 Å². The van der Waals surface area contributed by atoms with Gasteiger partial charge in [-0.1, -0.05) is 20.8 Å². The Balaban J connectivity index is 3.08. The molecule has 0 N–H and O–H groups in total. The largest absolute Gasteiger partial charge is 0.194 e. The molecule has 1 aliphatic rings. The van der Waals surface area contributed by atoms with Gasteiger partial charge in [-0.05, 0) is 39.8 Å². The zero-order chi connectivity index (χ0) is 13.4. The Kier molecular flexibility index (Phi) is 4.73. The predicted molar refractivity (Wildman–Crippen MR) is 82.1 cm³/mol. The van der Waals surface area contributed by atoms with Crippen LogP contribution in [-0.4, -0.2) is 28.6 Å². The van der Waals surface area contributed by atoms with Gasteiger partial charge in [0.1, 0.15) is 23.1 Å². The van der Waals surface area contributed by atoms with E-state index in [9.17, 15) is 0 Å². The van der Waals surface area contributed by atoms with Crippen molar-refractivity contribution in [3.8, 4) is 0 Å². The molecule has 0 fully saturated rings. The SMILES string of the molecule is CC(C)N(C(C)C)[P+]1(Cl)CC=C[C@H]1C(C)(C)C. The van der Waals surface area contributed by atoms with E-state index in [1.54, 1.807) is 0 Å². The molecule has 1 nitrogen and oxygen atoms in total. The van der Waals surface area contributed by atoms with Crippen molar-refractivity contribution in [3.63, 3.8) is 0 Å². The molecule has 0 saturated heterocycles. The molecule has 1 heterocycles. The third-order valence-electron chi connectivity index (χ3n) is 3.44. The van der Waals surface area contributed by atoms with Crippen molar-refractivity contribution in [3.05, 3.63) is 12.2 Å². The van der Waals surface area contributed by atoms with Crippen LogP contribution < -0.4 is 0 Å². The van der Waals surface area contributed by atoms with Gasteiger partial charge in [0.25, 0.3) is 0 Å². The summed E-state index contributed by atoms with van der Waals surface area (Å²) in [6, 6.07) is 1.04. The summed E-state index contributed by atoms with van der Waals surface area (Å²) in [6.45, 7) is 14.4. The van der Waals surface area contributed by atoms with Crippen molar-refractivity contribution >= 4 is 18.0 Å². The molecule has 100 valence electrons. The van der Waals surface area contributed by atoms with E-state index in [0.29, 0.717) is 17.7 Å². The van der Waals surface area contributed by atoms with Crippen LogP contribution >= 0.6 is 18.0 Å². The van der Waals surface area contributed by atoms with Crippen molar-refractivity contribution in [1.29, 1.82) is 0 Å². The van der Waals surface area contributed by atoms with Crippen LogP contribution in [0.1, 0.15) is 48.5 Å². The van der Waals surface area contributed by atoms with Crippen LogP contribution in [0.3, 0.4) is 0 Å². The third kappa shape index (κ3) is 3.06. The van der Waals surface area contributed by atoms with Crippen molar-refractivity contribution in [2.75, 3.05) is 6.16 Å². The summed E-state index contributed by atoms with van der Waals surface area (Å²) in [7, 11) is 0. The second-order valence-electron chi connectivity index (χ2n) is 6.72. The summed E-state index contributed by atoms with van der Waals surface area (Å²) in [5, 5.41) is 0. The summed E-state index contributed by atoms with van der Waals surface area (Å²) < 4.78 is 2.57. The fraction of sp³-hybridized carbons (Fsp3) is 0.857. The smallest absolute Gasteiger partial charge is 0.159 e. The molecule has 0 saturated carbocycles. The molecule has 17 heavy (non-hydrogen) atoms. The Hall–Kier alpha value is 0.420. The topological polar surface area (TPSA) is 3.24 Å². The van der Waals surface area contributed by atoms with Crippen molar-refractivity contribution < 1.29 is 0 Å². The van der Waals surface area contributed by atoms with Gasteiger partial charge in [-0.15, -0.1) is 0 Å². The highest BCUT2D eigenvalue weighted by molar-refractivity contribution is 7.98. The van der Waals surface area contributed by atoms with Gasteiger partial charge >= 0.3 is 0 Å². The average Bonchev–Trinajstić information content (AvgIpc) is 2.44. The van der Waals surface area contributed by atoms with Crippen LogP contribution in [0, 0.1) is 5.41 Å². The number of nitrogens with zero attached hydrogens (tertiary/aromatic N) is 1. The van der Waals surface area contributed by atoms with E-state index in [1.807, 2.05) is 0 Å². The summed E-state index contributed by atoms with van der Waals surface area (Å²) >= 11 is 7.15. The highest BCUT2D eigenvalue weighted by atomic mass is 35.7. The summed E-state index contributed by atoms with van der Waals surface area (Å²) in [5.74, 6) is 0. The Labute approximate surface area is 113 Å². The summed E-state index contributed by atoms with van der Waals surface area (Å²) in [5.41, 5.74) is 0.770. The highest BCUT2D eigenvalue weighted by Crippen LogP contribution is 2.77. The first-order valence-corrected chi connectivity index (χ1v) is 9.53. The Morgan fingerprint density at radius 2 is 1.65 bits per heavy atom. The molecule has 0 aliphatic carbocycles. The number of allylic oxidation sites excluding steroid dienone is 2. The minimum atomic E-state index is -1.58. The molecule has 0 aromatic heterocycles. The molecule has 1 aliphatic heterocycles. The Morgan fingerprint density at radius 3 is 2.00 bits per heavy atom. The lowest BCUT2D eigenvalue weighted by Gasteiger charge is -2.41. The van der Waals surface area contributed by atoms with Gasteiger partial charge in [-0.2, -0.15) is 4.67 Å². The lowest BCUT2D eigenvalue weighted by atomic mass is 9.92. The first kappa shape index (κ1) is 15.5. The minimum Gasteiger partial charge on any atom is -0.159 e. The second-order valence-corrected chi connectivity index (χ2v) is 11.3. The standard InChI is InChI=1S/C14H28ClNP/c1-11(2)16(12(3)4)17(15)10-8-9-13(17)14(5,6)7/h8-9,11-13H,10H2,1-7H3/q+1/t13-,17?/m0/s1. The number of halogens is 1. The van der Waals surface area contributed by atoms with Crippen LogP contribution in [0.5, 0.6) is 0 Å². The number of hydrogen-bond acceptors (Lipinski definition) is 1. The fourth-order valence-electron chi connectivity index (χ4n) is 3.07. The molecule has 1 unspecified atom stereocenters. The molecule has 0 aromatic carbocycles. The Bertz CT molecular complexity index is 285. The molecule has 0 aromatic rings. The van der Waals surface area contributed by atoms with Crippen LogP contribution in [-0.2, 0) is 0 Å². The van der Waals surface area contributed by atoms with Gasteiger partial charge in [-0.3, -0.25) is 0 Å². The molecule has 1 rings (SSSR count). The predicted octanol–water partition coefficient (Wildman–Crippen LogP) is 5.18. The van der Waals surface area contributed by atoms with Crippen LogP contribution in [0.4, 0.5) is 0 Å². The zero-order valence-corrected chi connectivity index (χ0v) is 14.0. The molecule has 2 atom stereocenters. The average molecular weight is 277 g/mol. The third-order valence-corrected chi connectivity index (χ3v) is 9.22. The molecule has 0 bridgehead atoms. The van der Waals surface area contributed by atoms with E-state index in [-0.39, 0.29) is 5.41 Å².